The zero-order valence-corrected chi connectivity index (χ0v) is 11.3. The van der Waals surface area contributed by atoms with Crippen LogP contribution < -0.4 is 5.32 Å². The molecule has 0 saturated carbocycles. The molecule has 1 heterocycles. The van der Waals surface area contributed by atoms with Crippen LogP contribution in [0.15, 0.2) is 24.3 Å². The van der Waals surface area contributed by atoms with E-state index in [1.807, 2.05) is 31.2 Å². The van der Waals surface area contributed by atoms with Gasteiger partial charge in [0.15, 0.2) is 0 Å². The zero-order valence-electron chi connectivity index (χ0n) is 11.3. The molecule has 0 radical (unpaired) electrons. The molecule has 1 saturated heterocycles. The Bertz CT molecular complexity index is 391. The number of aryl methyl sites for hydroxylation is 1. The van der Waals surface area contributed by atoms with Gasteiger partial charge in [0.1, 0.15) is 0 Å². The summed E-state index contributed by atoms with van der Waals surface area (Å²) < 4.78 is 0. The van der Waals surface area contributed by atoms with Crippen LogP contribution in [-0.4, -0.2) is 30.9 Å². The van der Waals surface area contributed by atoms with Gasteiger partial charge in [-0.25, -0.2) is 0 Å². The number of nitrogens with one attached hydrogen (secondary N) is 1. The third-order valence-electron chi connectivity index (χ3n) is 3.65. The van der Waals surface area contributed by atoms with Gasteiger partial charge in [0.2, 0.25) is 5.91 Å². The Labute approximate surface area is 109 Å². The minimum atomic E-state index is 0.147. The van der Waals surface area contributed by atoms with E-state index in [-0.39, 0.29) is 5.91 Å². The van der Waals surface area contributed by atoms with Crippen LogP contribution >= 0.6 is 0 Å². The topological polar surface area (TPSA) is 32.3 Å². The first-order valence-electron chi connectivity index (χ1n) is 6.68. The lowest BCUT2D eigenvalue weighted by atomic mass is 9.93. The van der Waals surface area contributed by atoms with Crippen molar-refractivity contribution in [3.8, 4) is 0 Å². The van der Waals surface area contributed by atoms with Crippen molar-refractivity contribution in [1.82, 2.24) is 4.90 Å². The second-order valence-corrected chi connectivity index (χ2v) is 5.36. The number of anilines is 1. The van der Waals surface area contributed by atoms with Gasteiger partial charge in [-0.05, 0) is 58.0 Å². The summed E-state index contributed by atoms with van der Waals surface area (Å²) in [6.45, 7) is 4.27. The van der Waals surface area contributed by atoms with E-state index in [1.165, 1.54) is 5.56 Å². The van der Waals surface area contributed by atoms with Crippen LogP contribution in [0.5, 0.6) is 0 Å². The lowest BCUT2D eigenvalue weighted by Crippen LogP contribution is -2.31. The van der Waals surface area contributed by atoms with Crippen molar-refractivity contribution < 1.29 is 4.79 Å². The van der Waals surface area contributed by atoms with Crippen LogP contribution in [0.3, 0.4) is 0 Å². The standard InChI is InChI=1S/C15H22N2O/c1-12-3-5-14(6-4-12)16-15(18)11-13-7-9-17(2)10-8-13/h3-6,13H,7-11H2,1-2H3,(H,16,18). The molecule has 1 N–H and O–H groups in total. The van der Waals surface area contributed by atoms with Crippen LogP contribution in [0.2, 0.25) is 0 Å². The van der Waals surface area contributed by atoms with Crippen LogP contribution in [0.4, 0.5) is 5.69 Å². The third kappa shape index (κ3) is 3.84. The van der Waals surface area contributed by atoms with Crippen molar-refractivity contribution in [2.75, 3.05) is 25.5 Å². The molecule has 1 amide bonds. The monoisotopic (exact) mass is 246 g/mol. The van der Waals surface area contributed by atoms with E-state index in [0.717, 1.165) is 31.6 Å². The Hall–Kier alpha value is -1.35. The highest BCUT2D eigenvalue weighted by Crippen LogP contribution is 2.20. The molecule has 0 aromatic heterocycles. The highest BCUT2D eigenvalue weighted by atomic mass is 16.1. The fourth-order valence-corrected chi connectivity index (χ4v) is 2.38. The summed E-state index contributed by atoms with van der Waals surface area (Å²) in [7, 11) is 2.14. The maximum Gasteiger partial charge on any atom is 0.224 e. The molecule has 0 bridgehead atoms. The first kappa shape index (κ1) is 13.1. The summed E-state index contributed by atoms with van der Waals surface area (Å²) in [5.74, 6) is 0.694. The minimum absolute atomic E-state index is 0.147. The van der Waals surface area contributed by atoms with E-state index in [1.54, 1.807) is 0 Å². The van der Waals surface area contributed by atoms with Gasteiger partial charge in [0.05, 0.1) is 0 Å². The van der Waals surface area contributed by atoms with Gasteiger partial charge >= 0.3 is 0 Å². The number of carbonyl (C=O) groups excluding carboxylic acids is 1. The Morgan fingerprint density at radius 1 is 1.28 bits per heavy atom. The number of nitrogens with zero attached hydrogens (tertiary/aromatic N) is 1. The SMILES string of the molecule is Cc1ccc(NC(=O)CC2CCN(C)CC2)cc1. The number of hydrogen-bond donors (Lipinski definition) is 1. The van der Waals surface area contributed by atoms with Gasteiger partial charge in [-0.1, -0.05) is 17.7 Å². The molecule has 2 rings (SSSR count). The van der Waals surface area contributed by atoms with Crippen LogP contribution in [0.25, 0.3) is 0 Å². The van der Waals surface area contributed by atoms with Gasteiger partial charge < -0.3 is 10.2 Å². The summed E-state index contributed by atoms with van der Waals surface area (Å²) in [5, 5.41) is 2.98. The summed E-state index contributed by atoms with van der Waals surface area (Å²) in [6.07, 6.45) is 2.93. The first-order chi connectivity index (χ1) is 8.63. The van der Waals surface area contributed by atoms with Crippen molar-refractivity contribution in [1.29, 1.82) is 0 Å². The average Bonchev–Trinajstić information content (AvgIpc) is 2.35. The van der Waals surface area contributed by atoms with Gasteiger partial charge in [-0.15, -0.1) is 0 Å². The maximum atomic E-state index is 11.9. The Morgan fingerprint density at radius 2 is 1.89 bits per heavy atom. The van der Waals surface area contributed by atoms with Gasteiger partial charge in [-0.2, -0.15) is 0 Å². The zero-order chi connectivity index (χ0) is 13.0. The average molecular weight is 246 g/mol. The molecule has 1 fully saturated rings. The highest BCUT2D eigenvalue weighted by Gasteiger charge is 2.19. The first-order valence-corrected chi connectivity index (χ1v) is 6.68. The maximum absolute atomic E-state index is 11.9. The molecular weight excluding hydrogens is 224 g/mol. The predicted molar refractivity (Wildman–Crippen MR) is 74.6 cm³/mol. The predicted octanol–water partition coefficient (Wildman–Crippen LogP) is 2.67. The smallest absolute Gasteiger partial charge is 0.224 e. The number of piperidine rings is 1. The van der Waals surface area contributed by atoms with E-state index in [9.17, 15) is 4.79 Å². The lowest BCUT2D eigenvalue weighted by molar-refractivity contribution is -0.117. The van der Waals surface area contributed by atoms with Crippen molar-refractivity contribution >= 4 is 11.6 Å². The number of carbonyl (C=O) groups is 1. The molecule has 1 aromatic rings. The fourth-order valence-electron chi connectivity index (χ4n) is 2.38. The molecule has 0 aliphatic carbocycles. The second kappa shape index (κ2) is 6.01. The number of likely N-dealkylation sites (tertiary alicyclic amines) is 1. The number of amides is 1. The molecular formula is C15H22N2O. The number of rotatable bonds is 3. The number of hydrogen-bond acceptors (Lipinski definition) is 2. The van der Waals surface area contributed by atoms with E-state index >= 15 is 0 Å². The molecule has 3 nitrogen and oxygen atoms in total. The van der Waals surface area contributed by atoms with E-state index in [0.29, 0.717) is 12.3 Å². The van der Waals surface area contributed by atoms with E-state index in [2.05, 4.69) is 17.3 Å². The van der Waals surface area contributed by atoms with Crippen molar-refractivity contribution in [3.05, 3.63) is 29.8 Å². The highest BCUT2D eigenvalue weighted by molar-refractivity contribution is 5.90. The van der Waals surface area contributed by atoms with Crippen LogP contribution in [0, 0.1) is 12.8 Å². The number of benzene rings is 1. The summed E-state index contributed by atoms with van der Waals surface area (Å²) in [6, 6.07) is 7.96. The largest absolute Gasteiger partial charge is 0.326 e. The fraction of sp³-hybridized carbons (Fsp3) is 0.533. The lowest BCUT2D eigenvalue weighted by Gasteiger charge is -2.28. The Balaban J connectivity index is 1.80. The molecule has 1 aliphatic rings. The molecule has 3 heteroatoms. The normalized spacial score (nSPS) is 17.7. The van der Waals surface area contributed by atoms with Crippen molar-refractivity contribution in [2.24, 2.45) is 5.92 Å². The van der Waals surface area contributed by atoms with Gasteiger partial charge in [0, 0.05) is 12.1 Å². The van der Waals surface area contributed by atoms with E-state index < -0.39 is 0 Å². The summed E-state index contributed by atoms with van der Waals surface area (Å²) in [5.41, 5.74) is 2.11. The molecule has 1 aromatic carbocycles. The summed E-state index contributed by atoms with van der Waals surface area (Å²) >= 11 is 0. The Morgan fingerprint density at radius 3 is 2.50 bits per heavy atom. The summed E-state index contributed by atoms with van der Waals surface area (Å²) in [4.78, 5) is 14.3. The molecule has 1 aliphatic heterocycles. The third-order valence-corrected chi connectivity index (χ3v) is 3.65. The van der Waals surface area contributed by atoms with Crippen LogP contribution in [-0.2, 0) is 4.79 Å². The van der Waals surface area contributed by atoms with Gasteiger partial charge in [0.25, 0.3) is 0 Å². The Kier molecular flexibility index (Phi) is 4.37. The van der Waals surface area contributed by atoms with Gasteiger partial charge in [-0.3, -0.25) is 4.79 Å². The van der Waals surface area contributed by atoms with Crippen LogP contribution in [0.1, 0.15) is 24.8 Å². The molecule has 0 spiro atoms. The van der Waals surface area contributed by atoms with Crippen molar-refractivity contribution in [2.45, 2.75) is 26.2 Å². The molecule has 18 heavy (non-hydrogen) atoms. The quantitative estimate of drug-likeness (QED) is 0.889. The minimum Gasteiger partial charge on any atom is -0.326 e. The second-order valence-electron chi connectivity index (χ2n) is 5.36. The van der Waals surface area contributed by atoms with E-state index in [4.69, 9.17) is 0 Å². The molecule has 0 atom stereocenters. The molecule has 98 valence electrons. The molecule has 0 unspecified atom stereocenters. The van der Waals surface area contributed by atoms with Crippen molar-refractivity contribution in [3.63, 3.8) is 0 Å².